The van der Waals surface area contributed by atoms with Gasteiger partial charge in [0.05, 0.1) is 17.7 Å². The summed E-state index contributed by atoms with van der Waals surface area (Å²) in [6, 6.07) is 0. The lowest BCUT2D eigenvalue weighted by Gasteiger charge is -2.44. The first-order valence-corrected chi connectivity index (χ1v) is 5.75. The lowest BCUT2D eigenvalue weighted by Crippen LogP contribution is -2.62. The van der Waals surface area contributed by atoms with Crippen LogP contribution in [0.1, 0.15) is 33.1 Å². The SMILES string of the molecule is CC1CN(C(=O)C2(N)CCC2)CC(C)O1. The first kappa shape index (κ1) is 10.9. The zero-order valence-corrected chi connectivity index (χ0v) is 9.53. The van der Waals surface area contributed by atoms with Gasteiger partial charge in [-0.15, -0.1) is 0 Å². The number of hydrogen-bond donors (Lipinski definition) is 1. The Kier molecular flexibility index (Phi) is 2.73. The second-order valence-corrected chi connectivity index (χ2v) is 4.98. The Morgan fingerprint density at radius 2 is 1.87 bits per heavy atom. The molecule has 2 N–H and O–H groups in total. The highest BCUT2D eigenvalue weighted by atomic mass is 16.5. The van der Waals surface area contributed by atoms with Crippen LogP contribution in [0.3, 0.4) is 0 Å². The van der Waals surface area contributed by atoms with Gasteiger partial charge in [0.2, 0.25) is 5.91 Å². The van der Waals surface area contributed by atoms with E-state index < -0.39 is 5.54 Å². The molecule has 86 valence electrons. The number of carbonyl (C=O) groups excluding carboxylic acids is 1. The molecule has 2 fully saturated rings. The summed E-state index contributed by atoms with van der Waals surface area (Å²) in [6.07, 6.45) is 3.01. The topological polar surface area (TPSA) is 55.6 Å². The van der Waals surface area contributed by atoms with Crippen LogP contribution in [0.2, 0.25) is 0 Å². The van der Waals surface area contributed by atoms with Crippen molar-refractivity contribution in [2.45, 2.75) is 50.9 Å². The molecule has 4 nitrogen and oxygen atoms in total. The second kappa shape index (κ2) is 3.76. The molecule has 1 heterocycles. The minimum atomic E-state index is -0.559. The van der Waals surface area contributed by atoms with E-state index >= 15 is 0 Å². The summed E-state index contributed by atoms with van der Waals surface area (Å²) in [4.78, 5) is 14.0. The molecule has 0 bridgehead atoms. The Bertz CT molecular complexity index is 253. The number of carbonyl (C=O) groups is 1. The highest BCUT2D eigenvalue weighted by Crippen LogP contribution is 2.31. The van der Waals surface area contributed by atoms with E-state index in [1.54, 1.807) is 0 Å². The zero-order chi connectivity index (χ0) is 11.1. The number of morpholine rings is 1. The molecule has 4 heteroatoms. The molecule has 0 aromatic heterocycles. The van der Waals surface area contributed by atoms with Gasteiger partial charge in [-0.2, -0.15) is 0 Å². The van der Waals surface area contributed by atoms with Crippen molar-refractivity contribution in [3.05, 3.63) is 0 Å². The van der Waals surface area contributed by atoms with E-state index in [-0.39, 0.29) is 18.1 Å². The maximum absolute atomic E-state index is 12.1. The van der Waals surface area contributed by atoms with Crippen LogP contribution in [-0.2, 0) is 9.53 Å². The summed E-state index contributed by atoms with van der Waals surface area (Å²) in [5, 5.41) is 0. The lowest BCUT2D eigenvalue weighted by atomic mass is 9.76. The van der Waals surface area contributed by atoms with Crippen molar-refractivity contribution >= 4 is 5.91 Å². The number of nitrogens with zero attached hydrogens (tertiary/aromatic N) is 1. The molecule has 1 amide bonds. The third-order valence-corrected chi connectivity index (χ3v) is 3.38. The maximum Gasteiger partial charge on any atom is 0.242 e. The van der Waals surface area contributed by atoms with Crippen LogP contribution >= 0.6 is 0 Å². The Morgan fingerprint density at radius 3 is 2.27 bits per heavy atom. The number of amides is 1. The number of rotatable bonds is 1. The van der Waals surface area contributed by atoms with Gasteiger partial charge < -0.3 is 15.4 Å². The predicted octanol–water partition coefficient (Wildman–Crippen LogP) is 0.504. The van der Waals surface area contributed by atoms with E-state index in [0.717, 1.165) is 19.3 Å². The fraction of sp³-hybridized carbons (Fsp3) is 0.909. The third kappa shape index (κ3) is 2.01. The van der Waals surface area contributed by atoms with E-state index in [1.165, 1.54) is 0 Å². The summed E-state index contributed by atoms with van der Waals surface area (Å²) in [5.41, 5.74) is 5.48. The summed E-state index contributed by atoms with van der Waals surface area (Å²) in [5.74, 6) is 0.121. The molecule has 0 aromatic carbocycles. The maximum atomic E-state index is 12.1. The quantitative estimate of drug-likeness (QED) is 0.688. The predicted molar refractivity (Wildman–Crippen MR) is 57.4 cm³/mol. The summed E-state index contributed by atoms with van der Waals surface area (Å²) in [6.45, 7) is 5.37. The number of hydrogen-bond acceptors (Lipinski definition) is 3. The van der Waals surface area contributed by atoms with Gasteiger partial charge in [0.1, 0.15) is 0 Å². The van der Waals surface area contributed by atoms with Gasteiger partial charge in [0.25, 0.3) is 0 Å². The van der Waals surface area contributed by atoms with Gasteiger partial charge >= 0.3 is 0 Å². The fourth-order valence-electron chi connectivity index (χ4n) is 2.43. The van der Waals surface area contributed by atoms with Crippen LogP contribution in [0, 0.1) is 0 Å². The molecule has 1 saturated heterocycles. The minimum absolute atomic E-state index is 0.121. The van der Waals surface area contributed by atoms with Gasteiger partial charge in [0.15, 0.2) is 0 Å². The summed E-state index contributed by atoms with van der Waals surface area (Å²) >= 11 is 0. The van der Waals surface area contributed by atoms with Crippen molar-refractivity contribution in [1.29, 1.82) is 0 Å². The Hall–Kier alpha value is -0.610. The molecule has 2 unspecified atom stereocenters. The van der Waals surface area contributed by atoms with Crippen molar-refractivity contribution in [3.8, 4) is 0 Å². The van der Waals surface area contributed by atoms with Gasteiger partial charge in [0, 0.05) is 13.1 Å². The lowest BCUT2D eigenvalue weighted by molar-refractivity contribution is -0.151. The molecule has 15 heavy (non-hydrogen) atoms. The Balaban J connectivity index is 2.00. The van der Waals surface area contributed by atoms with E-state index in [9.17, 15) is 4.79 Å². The van der Waals surface area contributed by atoms with Crippen molar-refractivity contribution in [1.82, 2.24) is 4.90 Å². The summed E-state index contributed by atoms with van der Waals surface area (Å²) in [7, 11) is 0. The molecule has 0 radical (unpaired) electrons. The standard InChI is InChI=1S/C11H20N2O2/c1-8-6-13(7-9(2)15-8)10(14)11(12)4-3-5-11/h8-9H,3-7,12H2,1-2H3. The molecule has 1 aliphatic heterocycles. The average molecular weight is 212 g/mol. The molecule has 0 aromatic rings. The second-order valence-electron chi connectivity index (χ2n) is 4.98. The molecule has 1 aliphatic carbocycles. The highest BCUT2D eigenvalue weighted by Gasteiger charge is 2.44. The van der Waals surface area contributed by atoms with Crippen molar-refractivity contribution in [2.75, 3.05) is 13.1 Å². The van der Waals surface area contributed by atoms with Crippen LogP contribution in [0.4, 0.5) is 0 Å². The molecule has 1 saturated carbocycles. The fourth-order valence-corrected chi connectivity index (χ4v) is 2.43. The van der Waals surface area contributed by atoms with Gasteiger partial charge in [-0.1, -0.05) is 0 Å². The van der Waals surface area contributed by atoms with E-state index in [2.05, 4.69) is 0 Å². The van der Waals surface area contributed by atoms with Crippen LogP contribution < -0.4 is 5.73 Å². The van der Waals surface area contributed by atoms with Crippen LogP contribution in [0.5, 0.6) is 0 Å². The van der Waals surface area contributed by atoms with Gasteiger partial charge in [-0.3, -0.25) is 4.79 Å². The zero-order valence-electron chi connectivity index (χ0n) is 9.53. The van der Waals surface area contributed by atoms with E-state index in [1.807, 2.05) is 18.7 Å². The Labute approximate surface area is 90.8 Å². The van der Waals surface area contributed by atoms with Crippen molar-refractivity contribution < 1.29 is 9.53 Å². The molecule has 2 atom stereocenters. The van der Waals surface area contributed by atoms with Crippen LogP contribution in [0.25, 0.3) is 0 Å². The summed E-state index contributed by atoms with van der Waals surface area (Å²) < 4.78 is 5.60. The smallest absolute Gasteiger partial charge is 0.242 e. The number of ether oxygens (including phenoxy) is 1. The molecular formula is C11H20N2O2. The van der Waals surface area contributed by atoms with Crippen LogP contribution in [-0.4, -0.2) is 41.6 Å². The van der Waals surface area contributed by atoms with E-state index in [0.29, 0.717) is 13.1 Å². The molecule has 2 aliphatic rings. The molecular weight excluding hydrogens is 192 g/mol. The number of nitrogens with two attached hydrogens (primary N) is 1. The Morgan fingerprint density at radius 1 is 1.33 bits per heavy atom. The van der Waals surface area contributed by atoms with Gasteiger partial charge in [-0.05, 0) is 33.1 Å². The minimum Gasteiger partial charge on any atom is -0.372 e. The largest absolute Gasteiger partial charge is 0.372 e. The first-order valence-electron chi connectivity index (χ1n) is 5.75. The van der Waals surface area contributed by atoms with Gasteiger partial charge in [-0.25, -0.2) is 0 Å². The monoisotopic (exact) mass is 212 g/mol. The molecule has 0 spiro atoms. The normalized spacial score (nSPS) is 34.7. The average Bonchev–Trinajstić information content (AvgIpc) is 2.11. The molecule has 2 rings (SSSR count). The van der Waals surface area contributed by atoms with Crippen LogP contribution in [0.15, 0.2) is 0 Å². The van der Waals surface area contributed by atoms with Crippen molar-refractivity contribution in [3.63, 3.8) is 0 Å². The third-order valence-electron chi connectivity index (χ3n) is 3.38. The van der Waals surface area contributed by atoms with Crippen molar-refractivity contribution in [2.24, 2.45) is 5.73 Å². The first-order chi connectivity index (χ1) is 7.01. The van der Waals surface area contributed by atoms with E-state index in [4.69, 9.17) is 10.5 Å². The highest BCUT2D eigenvalue weighted by molar-refractivity contribution is 5.87.